The number of benzene rings is 1. The Morgan fingerprint density at radius 3 is 2.47 bits per heavy atom. The highest BCUT2D eigenvalue weighted by Gasteiger charge is 2.44. The number of aliphatic hydroxyl groups is 1. The standard InChI is InChI=1S/C12H16BrNO/c1-14-8-12(15,9-2-3-9)10-4-6-11(13)7-5-10/h4-7,9,14-15H,2-3,8H2,1H3. The SMILES string of the molecule is CNCC(O)(c1ccc(Br)cc1)C1CC1. The molecule has 0 amide bonds. The van der Waals surface area contributed by atoms with Crippen LogP contribution in [0, 0.1) is 5.92 Å². The van der Waals surface area contributed by atoms with Crippen LogP contribution in [0.3, 0.4) is 0 Å². The van der Waals surface area contributed by atoms with Crippen molar-refractivity contribution in [2.75, 3.05) is 13.6 Å². The van der Waals surface area contributed by atoms with Crippen molar-refractivity contribution in [3.63, 3.8) is 0 Å². The zero-order valence-electron chi connectivity index (χ0n) is 8.83. The fourth-order valence-electron chi connectivity index (χ4n) is 2.05. The number of likely N-dealkylation sites (N-methyl/N-ethyl adjacent to an activating group) is 1. The van der Waals surface area contributed by atoms with Gasteiger partial charge < -0.3 is 10.4 Å². The maximum absolute atomic E-state index is 10.6. The normalized spacial score (nSPS) is 19.9. The molecule has 2 nitrogen and oxygen atoms in total. The van der Waals surface area contributed by atoms with E-state index in [1.807, 2.05) is 31.3 Å². The Kier molecular flexibility index (Phi) is 3.14. The first-order valence-corrected chi connectivity index (χ1v) is 6.09. The summed E-state index contributed by atoms with van der Waals surface area (Å²) in [6.07, 6.45) is 2.27. The Morgan fingerprint density at radius 1 is 1.40 bits per heavy atom. The summed E-state index contributed by atoms with van der Waals surface area (Å²) in [6, 6.07) is 7.97. The molecule has 0 saturated heterocycles. The molecule has 2 N–H and O–H groups in total. The third kappa shape index (κ3) is 2.25. The molecule has 1 atom stereocenters. The number of halogens is 1. The minimum absolute atomic E-state index is 0.422. The lowest BCUT2D eigenvalue weighted by atomic mass is 9.89. The minimum Gasteiger partial charge on any atom is -0.384 e. The van der Waals surface area contributed by atoms with Crippen LogP contribution in [-0.2, 0) is 5.60 Å². The lowest BCUT2D eigenvalue weighted by molar-refractivity contribution is 0.0153. The summed E-state index contributed by atoms with van der Waals surface area (Å²) in [5.41, 5.74) is 0.331. The fraction of sp³-hybridized carbons (Fsp3) is 0.500. The quantitative estimate of drug-likeness (QED) is 0.879. The minimum atomic E-state index is -0.685. The van der Waals surface area contributed by atoms with Crippen molar-refractivity contribution in [3.8, 4) is 0 Å². The second-order valence-corrected chi connectivity index (χ2v) is 5.15. The second kappa shape index (κ2) is 4.24. The lowest BCUT2D eigenvalue weighted by Crippen LogP contribution is -2.38. The van der Waals surface area contributed by atoms with E-state index in [2.05, 4.69) is 21.2 Å². The molecule has 1 aromatic carbocycles. The van der Waals surface area contributed by atoms with Gasteiger partial charge in [-0.1, -0.05) is 28.1 Å². The summed E-state index contributed by atoms with van der Waals surface area (Å²) in [5.74, 6) is 0.422. The van der Waals surface area contributed by atoms with Gasteiger partial charge in [-0.15, -0.1) is 0 Å². The van der Waals surface area contributed by atoms with Crippen molar-refractivity contribution in [1.29, 1.82) is 0 Å². The van der Waals surface area contributed by atoms with E-state index in [1.54, 1.807) is 0 Å². The highest BCUT2D eigenvalue weighted by molar-refractivity contribution is 9.10. The number of hydrogen-bond donors (Lipinski definition) is 2. The van der Waals surface area contributed by atoms with E-state index in [0.717, 1.165) is 22.9 Å². The second-order valence-electron chi connectivity index (χ2n) is 4.24. The van der Waals surface area contributed by atoms with E-state index in [-0.39, 0.29) is 0 Å². The summed E-state index contributed by atoms with van der Waals surface area (Å²) >= 11 is 3.41. The van der Waals surface area contributed by atoms with Crippen LogP contribution in [0.1, 0.15) is 18.4 Å². The van der Waals surface area contributed by atoms with E-state index in [0.29, 0.717) is 12.5 Å². The first-order valence-electron chi connectivity index (χ1n) is 5.30. The lowest BCUT2D eigenvalue weighted by Gasteiger charge is -2.28. The monoisotopic (exact) mass is 269 g/mol. The van der Waals surface area contributed by atoms with Crippen molar-refractivity contribution in [1.82, 2.24) is 5.32 Å². The first-order chi connectivity index (χ1) is 7.16. The largest absolute Gasteiger partial charge is 0.384 e. The van der Waals surface area contributed by atoms with Gasteiger partial charge in [0.25, 0.3) is 0 Å². The molecule has 0 heterocycles. The molecular weight excluding hydrogens is 254 g/mol. The van der Waals surface area contributed by atoms with E-state index < -0.39 is 5.60 Å². The van der Waals surface area contributed by atoms with Crippen LogP contribution in [0.2, 0.25) is 0 Å². The van der Waals surface area contributed by atoms with E-state index in [4.69, 9.17) is 0 Å². The molecule has 2 rings (SSSR count). The summed E-state index contributed by atoms with van der Waals surface area (Å²) in [4.78, 5) is 0. The Labute approximate surface area is 98.8 Å². The predicted octanol–water partition coefficient (Wildman–Crippen LogP) is 2.27. The van der Waals surface area contributed by atoms with Crippen molar-refractivity contribution >= 4 is 15.9 Å². The van der Waals surface area contributed by atoms with Gasteiger partial charge in [-0.05, 0) is 43.5 Å². The van der Waals surface area contributed by atoms with Gasteiger partial charge in [-0.25, -0.2) is 0 Å². The molecule has 15 heavy (non-hydrogen) atoms. The molecule has 1 unspecified atom stereocenters. The number of nitrogens with one attached hydrogen (secondary N) is 1. The zero-order chi connectivity index (χ0) is 10.9. The highest BCUT2D eigenvalue weighted by atomic mass is 79.9. The van der Waals surface area contributed by atoms with Gasteiger partial charge in [-0.3, -0.25) is 0 Å². The molecule has 1 aliphatic rings. The maximum Gasteiger partial charge on any atom is 0.105 e. The summed E-state index contributed by atoms with van der Waals surface area (Å²) in [5, 5.41) is 13.7. The molecule has 0 radical (unpaired) electrons. The van der Waals surface area contributed by atoms with Gasteiger partial charge in [0.1, 0.15) is 5.60 Å². The third-order valence-electron chi connectivity index (χ3n) is 3.04. The zero-order valence-corrected chi connectivity index (χ0v) is 10.4. The molecule has 1 aromatic rings. The number of hydrogen-bond acceptors (Lipinski definition) is 2. The van der Waals surface area contributed by atoms with Crippen LogP contribution in [0.4, 0.5) is 0 Å². The molecule has 0 aromatic heterocycles. The summed E-state index contributed by atoms with van der Waals surface area (Å²) < 4.78 is 1.05. The van der Waals surface area contributed by atoms with Crippen molar-refractivity contribution in [3.05, 3.63) is 34.3 Å². The maximum atomic E-state index is 10.6. The molecule has 1 saturated carbocycles. The molecular formula is C12H16BrNO. The van der Waals surface area contributed by atoms with Crippen molar-refractivity contribution in [2.45, 2.75) is 18.4 Å². The first kappa shape index (κ1) is 11.1. The van der Waals surface area contributed by atoms with Gasteiger partial charge in [-0.2, -0.15) is 0 Å². The van der Waals surface area contributed by atoms with Crippen LogP contribution < -0.4 is 5.32 Å². The van der Waals surface area contributed by atoms with Crippen LogP contribution in [0.5, 0.6) is 0 Å². The van der Waals surface area contributed by atoms with E-state index >= 15 is 0 Å². The Bertz CT molecular complexity index is 334. The average Bonchev–Trinajstić information content (AvgIpc) is 3.02. The van der Waals surface area contributed by atoms with Crippen LogP contribution >= 0.6 is 15.9 Å². The predicted molar refractivity (Wildman–Crippen MR) is 64.7 cm³/mol. The molecule has 3 heteroatoms. The Hall–Kier alpha value is -0.380. The van der Waals surface area contributed by atoms with Crippen LogP contribution in [0.15, 0.2) is 28.7 Å². The van der Waals surface area contributed by atoms with Gasteiger partial charge >= 0.3 is 0 Å². The van der Waals surface area contributed by atoms with Crippen LogP contribution in [0.25, 0.3) is 0 Å². The molecule has 0 spiro atoms. The fourth-order valence-corrected chi connectivity index (χ4v) is 2.32. The van der Waals surface area contributed by atoms with Gasteiger partial charge in [0, 0.05) is 11.0 Å². The Balaban J connectivity index is 2.27. The summed E-state index contributed by atoms with van der Waals surface area (Å²) in [6.45, 7) is 0.624. The Morgan fingerprint density at radius 2 is 2.00 bits per heavy atom. The molecule has 82 valence electrons. The van der Waals surface area contributed by atoms with Gasteiger partial charge in [0.05, 0.1) is 0 Å². The number of rotatable bonds is 4. The average molecular weight is 270 g/mol. The highest BCUT2D eigenvalue weighted by Crippen LogP contribution is 2.45. The molecule has 1 fully saturated rings. The topological polar surface area (TPSA) is 32.3 Å². The van der Waals surface area contributed by atoms with Gasteiger partial charge in [0.15, 0.2) is 0 Å². The van der Waals surface area contributed by atoms with E-state index in [9.17, 15) is 5.11 Å². The van der Waals surface area contributed by atoms with E-state index in [1.165, 1.54) is 0 Å². The molecule has 0 aliphatic heterocycles. The summed E-state index contributed by atoms with van der Waals surface area (Å²) in [7, 11) is 1.88. The van der Waals surface area contributed by atoms with Gasteiger partial charge in [0.2, 0.25) is 0 Å². The van der Waals surface area contributed by atoms with Crippen LogP contribution in [-0.4, -0.2) is 18.7 Å². The third-order valence-corrected chi connectivity index (χ3v) is 3.57. The smallest absolute Gasteiger partial charge is 0.105 e. The van der Waals surface area contributed by atoms with Crippen molar-refractivity contribution in [2.24, 2.45) is 5.92 Å². The molecule has 1 aliphatic carbocycles. The molecule has 0 bridgehead atoms. The van der Waals surface area contributed by atoms with Crippen molar-refractivity contribution < 1.29 is 5.11 Å².